The van der Waals surface area contributed by atoms with E-state index >= 15 is 0 Å². The van der Waals surface area contributed by atoms with Crippen molar-refractivity contribution in [2.24, 2.45) is 0 Å². The second-order valence-electron chi connectivity index (χ2n) is 12.9. The van der Waals surface area contributed by atoms with Crippen LogP contribution in [0.15, 0.2) is 167 Å². The summed E-state index contributed by atoms with van der Waals surface area (Å²) in [4.78, 5) is 10.6. The van der Waals surface area contributed by atoms with Gasteiger partial charge in [0.1, 0.15) is 22.3 Å². The number of rotatable bonds is 3. The Morgan fingerprint density at radius 3 is 1.94 bits per heavy atom. The van der Waals surface area contributed by atoms with Crippen LogP contribution in [0.5, 0.6) is 0 Å². The van der Waals surface area contributed by atoms with Crippen LogP contribution in [-0.4, -0.2) is 9.97 Å². The Morgan fingerprint density at radius 2 is 1.06 bits per heavy atom. The predicted octanol–water partition coefficient (Wildman–Crippen LogP) is 12.7. The van der Waals surface area contributed by atoms with E-state index in [9.17, 15) is 0 Å². The highest BCUT2D eigenvalue weighted by Gasteiger charge is 2.21. The second-order valence-corrected chi connectivity index (χ2v) is 12.9. The number of benzene rings is 8. The van der Waals surface area contributed by atoms with E-state index in [1.807, 2.05) is 18.2 Å². The molecule has 11 aromatic rings. The molecule has 0 spiro atoms. The van der Waals surface area contributed by atoms with Crippen molar-refractivity contribution in [1.29, 1.82) is 0 Å². The van der Waals surface area contributed by atoms with Gasteiger partial charge in [0.15, 0.2) is 5.82 Å². The first-order valence-corrected chi connectivity index (χ1v) is 16.8. The smallest absolute Gasteiger partial charge is 0.161 e. The minimum Gasteiger partial charge on any atom is -0.456 e. The fourth-order valence-electron chi connectivity index (χ4n) is 7.71. The minimum atomic E-state index is 0.653. The first-order valence-electron chi connectivity index (χ1n) is 16.8. The number of para-hydroxylation sites is 1. The maximum absolute atomic E-state index is 6.73. The summed E-state index contributed by atoms with van der Waals surface area (Å²) in [7, 11) is 0. The molecule has 0 saturated carbocycles. The monoisotopic (exact) mass is 638 g/mol. The summed E-state index contributed by atoms with van der Waals surface area (Å²) in [5, 5.41) is 9.79. The van der Waals surface area contributed by atoms with E-state index in [0.717, 1.165) is 93.5 Å². The van der Waals surface area contributed by atoms with Gasteiger partial charge in [0.2, 0.25) is 0 Å². The van der Waals surface area contributed by atoms with E-state index in [0.29, 0.717) is 5.82 Å². The van der Waals surface area contributed by atoms with Gasteiger partial charge in [-0.3, -0.25) is 0 Å². The van der Waals surface area contributed by atoms with Gasteiger partial charge in [-0.1, -0.05) is 115 Å². The summed E-state index contributed by atoms with van der Waals surface area (Å²) in [6.07, 6.45) is 0. The summed E-state index contributed by atoms with van der Waals surface area (Å²) in [5.74, 6) is 0.653. The van der Waals surface area contributed by atoms with Crippen LogP contribution in [0.25, 0.3) is 110 Å². The molecule has 0 saturated heterocycles. The highest BCUT2D eigenvalue weighted by molar-refractivity contribution is 6.22. The van der Waals surface area contributed by atoms with Crippen LogP contribution in [0, 0.1) is 0 Å². The zero-order chi connectivity index (χ0) is 32.8. The molecule has 8 aromatic carbocycles. The molecule has 0 radical (unpaired) electrons. The lowest BCUT2D eigenvalue weighted by atomic mass is 9.97. The van der Waals surface area contributed by atoms with Crippen LogP contribution in [0.4, 0.5) is 0 Å². The Morgan fingerprint density at radius 1 is 0.380 bits per heavy atom. The normalized spacial score (nSPS) is 12.0. The van der Waals surface area contributed by atoms with Crippen molar-refractivity contribution in [3.05, 3.63) is 158 Å². The third-order valence-corrected chi connectivity index (χ3v) is 10.1. The van der Waals surface area contributed by atoms with Crippen LogP contribution < -0.4 is 0 Å². The lowest BCUT2D eigenvalue weighted by molar-refractivity contribution is 0.669. The van der Waals surface area contributed by atoms with Gasteiger partial charge >= 0.3 is 0 Å². The molecule has 0 atom stereocenters. The third kappa shape index (κ3) is 3.99. The quantitative estimate of drug-likeness (QED) is 0.193. The molecule has 0 fully saturated rings. The van der Waals surface area contributed by atoms with Crippen LogP contribution in [0.1, 0.15) is 0 Å². The molecule has 0 N–H and O–H groups in total. The van der Waals surface area contributed by atoms with Crippen molar-refractivity contribution in [2.45, 2.75) is 0 Å². The first kappa shape index (κ1) is 27.2. The van der Waals surface area contributed by atoms with Crippen LogP contribution in [0.3, 0.4) is 0 Å². The van der Waals surface area contributed by atoms with E-state index in [2.05, 4.69) is 140 Å². The molecule has 4 nitrogen and oxygen atoms in total. The van der Waals surface area contributed by atoms with Gasteiger partial charge < -0.3 is 8.83 Å². The molecule has 11 rings (SSSR count). The number of aromatic nitrogens is 2. The van der Waals surface area contributed by atoms with Crippen molar-refractivity contribution in [3.63, 3.8) is 0 Å². The molecule has 232 valence electrons. The largest absolute Gasteiger partial charge is 0.456 e. The summed E-state index contributed by atoms with van der Waals surface area (Å²) in [6, 6.07) is 54.8. The van der Waals surface area contributed by atoms with Gasteiger partial charge in [-0.15, -0.1) is 0 Å². The van der Waals surface area contributed by atoms with Gasteiger partial charge in [0, 0.05) is 43.4 Å². The Hall–Kier alpha value is -6.78. The average molecular weight is 639 g/mol. The summed E-state index contributed by atoms with van der Waals surface area (Å²) >= 11 is 0. The lowest BCUT2D eigenvalue weighted by Gasteiger charge is -2.11. The highest BCUT2D eigenvalue weighted by atomic mass is 16.3. The number of furan rings is 2. The molecule has 50 heavy (non-hydrogen) atoms. The SMILES string of the molecule is c1ccc(-c2ccc3c(c2)oc2c4ccccc4cc(-c4nc(-c5ccc6c(c5)oc5ccc7ccccc7c56)c5ccccc5n4)c32)cc1. The Balaban J connectivity index is 1.17. The van der Waals surface area contributed by atoms with Gasteiger partial charge in [-0.2, -0.15) is 0 Å². The van der Waals surface area contributed by atoms with E-state index in [4.69, 9.17) is 18.8 Å². The van der Waals surface area contributed by atoms with Crippen molar-refractivity contribution in [1.82, 2.24) is 9.97 Å². The van der Waals surface area contributed by atoms with E-state index in [1.54, 1.807) is 0 Å². The summed E-state index contributed by atoms with van der Waals surface area (Å²) < 4.78 is 13.2. The maximum Gasteiger partial charge on any atom is 0.161 e. The molecule has 3 heterocycles. The Kier molecular flexibility index (Phi) is 5.63. The Labute approximate surface area is 285 Å². The van der Waals surface area contributed by atoms with Gasteiger partial charge in [0.05, 0.1) is 11.2 Å². The third-order valence-electron chi connectivity index (χ3n) is 10.1. The fraction of sp³-hybridized carbons (Fsp3) is 0. The summed E-state index contributed by atoms with van der Waals surface area (Å²) in [6.45, 7) is 0. The summed E-state index contributed by atoms with van der Waals surface area (Å²) in [5.41, 5.74) is 9.30. The van der Waals surface area contributed by atoms with E-state index in [-0.39, 0.29) is 0 Å². The van der Waals surface area contributed by atoms with Gasteiger partial charge in [-0.05, 0) is 69.8 Å². The Bertz CT molecular complexity index is 3150. The van der Waals surface area contributed by atoms with Gasteiger partial charge in [-0.25, -0.2) is 9.97 Å². The molecule has 0 aliphatic rings. The molecule has 0 amide bonds. The van der Waals surface area contributed by atoms with Crippen molar-refractivity contribution in [2.75, 3.05) is 0 Å². The van der Waals surface area contributed by atoms with Crippen LogP contribution in [-0.2, 0) is 0 Å². The molecular weight excluding hydrogens is 613 g/mol. The zero-order valence-corrected chi connectivity index (χ0v) is 26.7. The van der Waals surface area contributed by atoms with E-state index in [1.165, 1.54) is 10.8 Å². The minimum absolute atomic E-state index is 0.653. The second kappa shape index (κ2) is 10.4. The predicted molar refractivity (Wildman–Crippen MR) is 205 cm³/mol. The molecule has 0 aliphatic carbocycles. The van der Waals surface area contributed by atoms with Gasteiger partial charge in [0.25, 0.3) is 0 Å². The molecule has 4 heteroatoms. The highest BCUT2D eigenvalue weighted by Crippen LogP contribution is 2.43. The number of nitrogens with zero attached hydrogens (tertiary/aromatic N) is 2. The first-order chi connectivity index (χ1) is 24.8. The standard InChI is InChI=1S/C46H26N2O2/c1-2-10-27(11-3-1)29-18-21-36-41(25-29)50-45-33-15-7-5-13-30(33)24-37(43(36)45)46-47-38-17-9-8-16-34(38)44(48-46)31-19-22-35-40(26-31)49-39-23-20-28-12-4-6-14-32(28)42(35)39/h1-26H. The average Bonchev–Trinajstić information content (AvgIpc) is 3.76. The van der Waals surface area contributed by atoms with Crippen LogP contribution in [0.2, 0.25) is 0 Å². The zero-order valence-electron chi connectivity index (χ0n) is 26.7. The van der Waals surface area contributed by atoms with Crippen LogP contribution >= 0.6 is 0 Å². The molecule has 0 unspecified atom stereocenters. The molecule has 0 bridgehead atoms. The van der Waals surface area contributed by atoms with Crippen molar-refractivity contribution < 1.29 is 8.83 Å². The molecule has 3 aromatic heterocycles. The lowest BCUT2D eigenvalue weighted by Crippen LogP contribution is -1.96. The fourth-order valence-corrected chi connectivity index (χ4v) is 7.71. The number of hydrogen-bond donors (Lipinski definition) is 0. The topological polar surface area (TPSA) is 52.1 Å². The van der Waals surface area contributed by atoms with E-state index < -0.39 is 0 Å². The number of hydrogen-bond acceptors (Lipinski definition) is 4. The number of fused-ring (bicyclic) bond motifs is 11. The van der Waals surface area contributed by atoms with Crippen molar-refractivity contribution >= 4 is 76.3 Å². The molecule has 0 aliphatic heterocycles. The maximum atomic E-state index is 6.73. The van der Waals surface area contributed by atoms with Crippen molar-refractivity contribution in [3.8, 4) is 33.8 Å². The molecular formula is C46H26N2O2.